The van der Waals surface area contributed by atoms with Crippen molar-refractivity contribution in [3.05, 3.63) is 124 Å². The summed E-state index contributed by atoms with van der Waals surface area (Å²) in [4.78, 5) is 40.2. The molecular weight excluding hydrogens is 587 g/mol. The Kier molecular flexibility index (Phi) is 8.88. The predicted molar refractivity (Wildman–Crippen MR) is 162 cm³/mol. The fourth-order valence-electron chi connectivity index (χ4n) is 4.54. The largest absolute Gasteiger partial charge is 0.492 e. The van der Waals surface area contributed by atoms with Crippen molar-refractivity contribution in [2.24, 2.45) is 0 Å². The van der Waals surface area contributed by atoms with Crippen molar-refractivity contribution >= 4 is 46.4 Å². The van der Waals surface area contributed by atoms with Crippen molar-refractivity contribution in [1.82, 2.24) is 5.32 Å². The lowest BCUT2D eigenvalue weighted by molar-refractivity contribution is -0.112. The lowest BCUT2D eigenvalue weighted by Gasteiger charge is -2.25. The van der Waals surface area contributed by atoms with Crippen molar-refractivity contribution in [2.75, 3.05) is 16.8 Å². The number of rotatable bonds is 10. The highest BCUT2D eigenvalue weighted by Gasteiger charge is 2.34. The minimum absolute atomic E-state index is 0.0109. The van der Waals surface area contributed by atoms with Crippen LogP contribution in [0.3, 0.4) is 0 Å². The van der Waals surface area contributed by atoms with Crippen molar-refractivity contribution < 1.29 is 28.2 Å². The number of para-hydroxylation sites is 1. The molecule has 0 atom stereocenters. The Balaban J connectivity index is 1.47. The van der Waals surface area contributed by atoms with E-state index in [-0.39, 0.29) is 46.4 Å². The van der Waals surface area contributed by atoms with Crippen LogP contribution in [0.4, 0.5) is 21.5 Å². The van der Waals surface area contributed by atoms with E-state index in [1.54, 1.807) is 73.7 Å². The quantitative estimate of drug-likeness (QED) is 0.119. The minimum atomic E-state index is -0.746. The number of anilines is 3. The zero-order valence-electron chi connectivity index (χ0n) is 23.3. The molecule has 0 saturated carbocycles. The first-order valence-corrected chi connectivity index (χ1v) is 13.8. The van der Waals surface area contributed by atoms with Crippen molar-refractivity contribution in [2.45, 2.75) is 13.5 Å². The smallest absolute Gasteiger partial charge is 0.267 e. The van der Waals surface area contributed by atoms with Gasteiger partial charge in [0, 0.05) is 29.2 Å². The number of ether oxygens (including phenoxy) is 2. The Bertz CT molecular complexity index is 1840. The summed E-state index contributed by atoms with van der Waals surface area (Å²) in [7, 11) is 0. The van der Waals surface area contributed by atoms with Gasteiger partial charge in [-0.05, 0) is 49.4 Å². The molecule has 3 amide bonds. The van der Waals surface area contributed by atoms with Crippen LogP contribution < -0.4 is 25.0 Å². The summed E-state index contributed by atoms with van der Waals surface area (Å²) < 4.78 is 25.3. The number of nitrogens with zero attached hydrogens (tertiary/aromatic N) is 2. The van der Waals surface area contributed by atoms with Crippen LogP contribution in [-0.2, 0) is 11.4 Å². The Morgan fingerprint density at radius 1 is 1.02 bits per heavy atom. The fraction of sp³-hybridized carbons (Fsp3) is 0.0909. The maximum absolute atomic E-state index is 13.8. The van der Waals surface area contributed by atoms with Gasteiger partial charge < -0.3 is 19.7 Å². The summed E-state index contributed by atoms with van der Waals surface area (Å²) in [6, 6.07) is 24.6. The second-order valence-electron chi connectivity index (χ2n) is 9.39. The van der Waals surface area contributed by atoms with Crippen molar-refractivity contribution in [3.8, 4) is 17.6 Å². The normalized spacial score (nSPS) is 12.2. The zero-order valence-corrected chi connectivity index (χ0v) is 24.0. The molecule has 9 nitrogen and oxygen atoms in total. The number of hydrogen-bond acceptors (Lipinski definition) is 7. The van der Waals surface area contributed by atoms with Gasteiger partial charge in [0.2, 0.25) is 0 Å². The van der Waals surface area contributed by atoms with Gasteiger partial charge in [0.1, 0.15) is 41.3 Å². The summed E-state index contributed by atoms with van der Waals surface area (Å²) in [6.07, 6.45) is 1.28. The fourth-order valence-corrected chi connectivity index (χ4v) is 4.72. The summed E-state index contributed by atoms with van der Waals surface area (Å²) in [5.74, 6) is -1.85. The van der Waals surface area contributed by atoms with Gasteiger partial charge in [0.05, 0.1) is 22.8 Å². The van der Waals surface area contributed by atoms with Crippen LogP contribution in [0, 0.1) is 17.1 Å². The lowest BCUT2D eigenvalue weighted by Crippen LogP contribution is -2.22. The number of amides is 3. The molecule has 11 heteroatoms. The molecule has 0 unspecified atom stereocenters. The van der Waals surface area contributed by atoms with E-state index in [4.69, 9.17) is 21.1 Å². The third kappa shape index (κ3) is 6.23. The molecule has 1 heterocycles. The molecule has 0 bridgehead atoms. The SMILES string of the molecule is CCOc1ccc2c(c1N(/C=C(\C#N)C(=O)Nc1cccc(OCc3cccc(F)c3Cl)c1)c1ccccc1)C(=O)NC2=O. The third-order valence-electron chi connectivity index (χ3n) is 6.56. The molecule has 1 aliphatic rings. The van der Waals surface area contributed by atoms with Gasteiger partial charge in [-0.1, -0.05) is 48.0 Å². The van der Waals surface area contributed by atoms with Gasteiger partial charge in [0.25, 0.3) is 17.7 Å². The summed E-state index contributed by atoms with van der Waals surface area (Å²) in [5.41, 5.74) is 1.37. The Hall–Kier alpha value is -5.66. The van der Waals surface area contributed by atoms with E-state index >= 15 is 0 Å². The van der Waals surface area contributed by atoms with Gasteiger partial charge in [-0.15, -0.1) is 0 Å². The van der Waals surface area contributed by atoms with E-state index in [2.05, 4.69) is 10.6 Å². The lowest BCUT2D eigenvalue weighted by atomic mass is 10.0. The number of hydrogen-bond donors (Lipinski definition) is 2. The van der Waals surface area contributed by atoms with E-state index in [0.717, 1.165) is 0 Å². The first kappa shape index (κ1) is 29.8. The molecule has 1 aliphatic heterocycles. The topological polar surface area (TPSA) is 121 Å². The van der Waals surface area contributed by atoms with Gasteiger partial charge >= 0.3 is 0 Å². The molecule has 0 spiro atoms. The van der Waals surface area contributed by atoms with Crippen molar-refractivity contribution in [1.29, 1.82) is 5.26 Å². The Labute approximate surface area is 257 Å². The minimum Gasteiger partial charge on any atom is -0.492 e. The number of fused-ring (bicyclic) bond motifs is 1. The van der Waals surface area contributed by atoms with E-state index < -0.39 is 23.5 Å². The number of halogens is 2. The van der Waals surface area contributed by atoms with Crippen LogP contribution in [0.2, 0.25) is 5.02 Å². The molecule has 0 fully saturated rings. The zero-order chi connectivity index (χ0) is 31.2. The average Bonchev–Trinajstić information content (AvgIpc) is 3.32. The number of carbonyl (C=O) groups is 3. The number of imide groups is 1. The molecule has 4 aromatic rings. The predicted octanol–water partition coefficient (Wildman–Crippen LogP) is 6.52. The van der Waals surface area contributed by atoms with Crippen LogP contribution in [0.15, 0.2) is 96.7 Å². The van der Waals surface area contributed by atoms with Gasteiger partial charge in [0.15, 0.2) is 0 Å². The first-order chi connectivity index (χ1) is 21.3. The van der Waals surface area contributed by atoms with Gasteiger partial charge in [-0.2, -0.15) is 5.26 Å². The second kappa shape index (κ2) is 13.1. The molecule has 0 aliphatic carbocycles. The van der Waals surface area contributed by atoms with Crippen LogP contribution in [0.25, 0.3) is 0 Å². The van der Waals surface area contributed by atoms with Gasteiger partial charge in [-0.3, -0.25) is 19.7 Å². The molecule has 2 N–H and O–H groups in total. The highest BCUT2D eigenvalue weighted by Crippen LogP contribution is 2.41. The molecule has 0 aromatic heterocycles. The molecule has 0 radical (unpaired) electrons. The monoisotopic (exact) mass is 610 g/mol. The Morgan fingerprint density at radius 3 is 2.55 bits per heavy atom. The van der Waals surface area contributed by atoms with Crippen LogP contribution in [-0.4, -0.2) is 24.3 Å². The molecule has 5 rings (SSSR count). The maximum atomic E-state index is 13.8. The molecule has 0 saturated heterocycles. The van der Waals surface area contributed by atoms with E-state index in [1.807, 2.05) is 6.07 Å². The number of benzene rings is 4. The standard InChI is InChI=1S/C33H24ClFN4O5/c1-2-43-27-15-14-25-28(33(42)38-32(25)41)30(27)39(23-10-4-3-5-11-23)18-21(17-36)31(40)37-22-9-7-12-24(16-22)44-19-20-8-6-13-26(35)29(20)34/h3-16,18H,2,19H2,1H3,(H,37,40)(H,38,41,42)/b21-18+. The van der Waals surface area contributed by atoms with E-state index in [1.165, 1.54) is 29.3 Å². The first-order valence-electron chi connectivity index (χ1n) is 13.4. The number of carbonyl (C=O) groups excluding carboxylic acids is 3. The maximum Gasteiger partial charge on any atom is 0.267 e. The van der Waals surface area contributed by atoms with Crippen LogP contribution in [0.5, 0.6) is 11.5 Å². The molecule has 4 aromatic carbocycles. The highest BCUT2D eigenvalue weighted by atomic mass is 35.5. The number of nitrogens with one attached hydrogen (secondary N) is 2. The molecule has 220 valence electrons. The van der Waals surface area contributed by atoms with E-state index in [0.29, 0.717) is 22.7 Å². The summed E-state index contributed by atoms with van der Waals surface area (Å²) in [5, 5.41) is 15.0. The average molecular weight is 611 g/mol. The Morgan fingerprint density at radius 2 is 1.80 bits per heavy atom. The summed E-state index contributed by atoms with van der Waals surface area (Å²) in [6.45, 7) is 2.01. The summed E-state index contributed by atoms with van der Waals surface area (Å²) >= 11 is 6.01. The third-order valence-corrected chi connectivity index (χ3v) is 6.98. The van der Waals surface area contributed by atoms with Gasteiger partial charge in [-0.25, -0.2) is 4.39 Å². The molecular formula is C33H24ClFN4O5. The highest BCUT2D eigenvalue weighted by molar-refractivity contribution is 6.31. The molecule has 44 heavy (non-hydrogen) atoms. The number of nitriles is 1. The van der Waals surface area contributed by atoms with Crippen molar-refractivity contribution in [3.63, 3.8) is 0 Å². The van der Waals surface area contributed by atoms with E-state index in [9.17, 15) is 24.0 Å². The van der Waals surface area contributed by atoms with Crippen LogP contribution in [0.1, 0.15) is 33.2 Å². The van der Waals surface area contributed by atoms with Crippen LogP contribution >= 0.6 is 11.6 Å². The second-order valence-corrected chi connectivity index (χ2v) is 9.77.